The maximum atomic E-state index is 13.5. The second kappa shape index (κ2) is 9.99. The zero-order valence-electron chi connectivity index (χ0n) is 19.9. The molecule has 1 aromatic heterocycles. The van der Waals surface area contributed by atoms with Crippen molar-refractivity contribution in [3.05, 3.63) is 99.5 Å². The van der Waals surface area contributed by atoms with Gasteiger partial charge in [-0.05, 0) is 55.0 Å². The summed E-state index contributed by atoms with van der Waals surface area (Å²) < 4.78 is 2.66. The number of anilines is 1. The van der Waals surface area contributed by atoms with Gasteiger partial charge in [-0.2, -0.15) is 0 Å². The van der Waals surface area contributed by atoms with Gasteiger partial charge in [0.1, 0.15) is 9.57 Å². The van der Waals surface area contributed by atoms with E-state index in [-0.39, 0.29) is 17.4 Å². The lowest BCUT2D eigenvalue weighted by Crippen LogP contribution is -2.48. The van der Waals surface area contributed by atoms with Gasteiger partial charge in [-0.15, -0.1) is 0 Å². The Morgan fingerprint density at radius 1 is 1.00 bits per heavy atom. The molecule has 5 nitrogen and oxygen atoms in total. The van der Waals surface area contributed by atoms with Crippen molar-refractivity contribution < 1.29 is 4.79 Å². The van der Waals surface area contributed by atoms with Gasteiger partial charge < -0.3 is 14.8 Å². The molecule has 0 radical (unpaired) electrons. The zero-order valence-corrected chi connectivity index (χ0v) is 21.6. The molecule has 2 bridgehead atoms. The molecule has 3 aromatic rings. The Morgan fingerprint density at radius 2 is 1.77 bits per heavy atom. The van der Waals surface area contributed by atoms with E-state index in [9.17, 15) is 9.59 Å². The van der Waals surface area contributed by atoms with Crippen LogP contribution in [0.3, 0.4) is 0 Å². The van der Waals surface area contributed by atoms with E-state index in [1.807, 2.05) is 73.0 Å². The van der Waals surface area contributed by atoms with Crippen LogP contribution in [0, 0.1) is 19.8 Å². The number of aryl methyl sites for hydroxylation is 1. The first-order chi connectivity index (χ1) is 16.9. The van der Waals surface area contributed by atoms with Gasteiger partial charge in [0.05, 0.1) is 0 Å². The number of aromatic nitrogens is 1. The number of hydrogen-bond acceptors (Lipinski definition) is 4. The molecular weight excluding hydrogens is 474 g/mol. The van der Waals surface area contributed by atoms with Crippen LogP contribution >= 0.6 is 24.0 Å². The molecule has 0 spiro atoms. The van der Waals surface area contributed by atoms with Gasteiger partial charge in [-0.1, -0.05) is 72.5 Å². The molecule has 0 unspecified atom stereocenters. The average molecular weight is 504 g/mol. The van der Waals surface area contributed by atoms with Gasteiger partial charge in [-0.25, -0.2) is 0 Å². The summed E-state index contributed by atoms with van der Waals surface area (Å²) in [7, 11) is 0. The summed E-state index contributed by atoms with van der Waals surface area (Å²) in [5, 5.41) is 2.68. The fraction of sp³-hybridized carbons (Fsp3) is 0.321. The first kappa shape index (κ1) is 23.8. The van der Waals surface area contributed by atoms with Crippen molar-refractivity contribution in [1.82, 2.24) is 9.47 Å². The van der Waals surface area contributed by atoms with Crippen molar-refractivity contribution in [2.45, 2.75) is 38.0 Å². The Kier molecular flexibility index (Phi) is 6.80. The summed E-state index contributed by atoms with van der Waals surface area (Å²) in [6.45, 7) is 6.37. The Hall–Kier alpha value is -2.90. The van der Waals surface area contributed by atoms with Crippen molar-refractivity contribution in [1.29, 1.82) is 0 Å². The predicted molar refractivity (Wildman–Crippen MR) is 147 cm³/mol. The van der Waals surface area contributed by atoms with Gasteiger partial charge in [0.25, 0.3) is 5.56 Å². The number of rotatable bonds is 4. The number of hydrogen-bond donors (Lipinski definition) is 1. The van der Waals surface area contributed by atoms with E-state index in [1.165, 1.54) is 11.8 Å². The Labute approximate surface area is 215 Å². The van der Waals surface area contributed by atoms with Crippen LogP contribution in [0.25, 0.3) is 0 Å². The monoisotopic (exact) mass is 503 g/mol. The fourth-order valence-electron chi connectivity index (χ4n) is 5.21. The number of nitrogens with zero attached hydrogens (tertiary/aromatic N) is 2. The van der Waals surface area contributed by atoms with Crippen LogP contribution in [-0.4, -0.2) is 32.8 Å². The second-order valence-electron chi connectivity index (χ2n) is 9.51. The lowest BCUT2D eigenvalue weighted by atomic mass is 9.83. The van der Waals surface area contributed by atoms with Crippen LogP contribution in [0.1, 0.15) is 40.0 Å². The summed E-state index contributed by atoms with van der Waals surface area (Å²) in [6.07, 6.45) is 1.07. The molecule has 2 aliphatic rings. The summed E-state index contributed by atoms with van der Waals surface area (Å²) in [6, 6.07) is 21.3. The van der Waals surface area contributed by atoms with Crippen molar-refractivity contribution in [2.75, 3.05) is 18.4 Å². The number of nitrogens with one attached hydrogen (secondary N) is 1. The van der Waals surface area contributed by atoms with E-state index in [2.05, 4.69) is 16.3 Å². The highest BCUT2D eigenvalue weighted by Crippen LogP contribution is 2.39. The minimum atomic E-state index is -0.458. The molecule has 0 aliphatic carbocycles. The third kappa shape index (κ3) is 4.93. The van der Waals surface area contributed by atoms with Gasteiger partial charge in [0.2, 0.25) is 5.91 Å². The van der Waals surface area contributed by atoms with Gasteiger partial charge >= 0.3 is 0 Å². The van der Waals surface area contributed by atoms with Crippen molar-refractivity contribution in [3.63, 3.8) is 0 Å². The molecule has 1 fully saturated rings. The Balaban J connectivity index is 1.36. The number of thiocarbonyl (C=S) groups is 1. The minimum absolute atomic E-state index is 0.0775. The molecule has 1 saturated heterocycles. The Morgan fingerprint density at radius 3 is 2.57 bits per heavy atom. The number of carbonyl (C=O) groups excluding carboxylic acids is 1. The van der Waals surface area contributed by atoms with Gasteiger partial charge in [0.15, 0.2) is 0 Å². The van der Waals surface area contributed by atoms with Crippen LogP contribution in [0.4, 0.5) is 5.69 Å². The normalized spacial score (nSPS) is 19.5. The first-order valence-electron chi connectivity index (χ1n) is 12.0. The standard InChI is InChI=1S/C28H29N3O2S2/c1-18-8-6-11-23(19(18)2)29-27(33)26(21-9-4-3-5-10-21)35-28(34)30-15-20-14-22(17-30)24-12-7-13-25(32)31(24)16-20/h3-13,20,22,26H,14-17H2,1-2H3,(H,29,33)/t20-,22+,26+/m1/s1. The third-order valence-corrected chi connectivity index (χ3v) is 8.89. The molecule has 0 saturated carbocycles. The molecule has 3 heterocycles. The number of likely N-dealkylation sites (tertiary alicyclic amines) is 1. The fourth-order valence-corrected chi connectivity index (χ4v) is 6.60. The van der Waals surface area contributed by atoms with Crippen LogP contribution in [-0.2, 0) is 11.3 Å². The van der Waals surface area contributed by atoms with Gasteiger partial charge in [0, 0.05) is 43.0 Å². The summed E-state index contributed by atoms with van der Waals surface area (Å²) in [5.74, 6) is 0.569. The van der Waals surface area contributed by atoms with E-state index < -0.39 is 5.25 Å². The number of carbonyl (C=O) groups is 1. The largest absolute Gasteiger partial charge is 0.356 e. The highest BCUT2D eigenvalue weighted by Gasteiger charge is 2.36. The summed E-state index contributed by atoms with van der Waals surface area (Å²) >= 11 is 7.36. The molecule has 2 aliphatic heterocycles. The van der Waals surface area contributed by atoms with E-state index in [4.69, 9.17) is 12.2 Å². The number of benzene rings is 2. The van der Waals surface area contributed by atoms with Crippen molar-refractivity contribution >= 4 is 39.9 Å². The lowest BCUT2D eigenvalue weighted by molar-refractivity contribution is -0.115. The second-order valence-corrected chi connectivity index (χ2v) is 11.3. The maximum absolute atomic E-state index is 13.5. The summed E-state index contributed by atoms with van der Waals surface area (Å²) in [4.78, 5) is 28.1. The quantitative estimate of drug-likeness (QED) is 0.491. The molecule has 1 N–H and O–H groups in total. The molecular formula is C28H29N3O2S2. The first-order valence-corrected chi connectivity index (χ1v) is 13.3. The molecule has 35 heavy (non-hydrogen) atoms. The number of piperidine rings is 1. The third-order valence-electron chi connectivity index (χ3n) is 7.16. The zero-order chi connectivity index (χ0) is 24.5. The van der Waals surface area contributed by atoms with Crippen LogP contribution < -0.4 is 10.9 Å². The van der Waals surface area contributed by atoms with Crippen LogP contribution in [0.5, 0.6) is 0 Å². The predicted octanol–water partition coefficient (Wildman–Crippen LogP) is 5.28. The van der Waals surface area contributed by atoms with E-state index in [0.717, 1.165) is 58.4 Å². The molecule has 7 heteroatoms. The van der Waals surface area contributed by atoms with E-state index >= 15 is 0 Å². The highest BCUT2D eigenvalue weighted by atomic mass is 32.2. The maximum Gasteiger partial charge on any atom is 0.250 e. The molecule has 180 valence electrons. The molecule has 3 atom stereocenters. The van der Waals surface area contributed by atoms with Crippen LogP contribution in [0.2, 0.25) is 0 Å². The molecule has 5 rings (SSSR count). The van der Waals surface area contributed by atoms with E-state index in [1.54, 1.807) is 6.07 Å². The minimum Gasteiger partial charge on any atom is -0.356 e. The molecule has 2 aromatic carbocycles. The SMILES string of the molecule is Cc1cccc(NC(=O)[C@@H](SC(=S)N2C[C@H]3C[C@@H](C2)c2cccc(=O)n2C3)c2ccccc2)c1C. The Bertz CT molecular complexity index is 1320. The highest BCUT2D eigenvalue weighted by molar-refractivity contribution is 8.23. The van der Waals surface area contributed by atoms with E-state index in [0.29, 0.717) is 5.92 Å². The molecule has 1 amide bonds. The number of amides is 1. The number of fused-ring (bicyclic) bond motifs is 4. The number of pyridine rings is 1. The average Bonchev–Trinajstić information content (AvgIpc) is 2.86. The number of thioether (sulfide) groups is 1. The topological polar surface area (TPSA) is 54.3 Å². The van der Waals surface area contributed by atoms with Crippen molar-refractivity contribution in [2.24, 2.45) is 5.92 Å². The smallest absolute Gasteiger partial charge is 0.250 e. The lowest BCUT2D eigenvalue weighted by Gasteiger charge is -2.43. The summed E-state index contributed by atoms with van der Waals surface area (Å²) in [5.41, 5.74) is 5.14. The van der Waals surface area contributed by atoms with Gasteiger partial charge in [-0.3, -0.25) is 9.59 Å². The van der Waals surface area contributed by atoms with Crippen molar-refractivity contribution in [3.8, 4) is 0 Å². The van der Waals surface area contributed by atoms with Crippen LogP contribution in [0.15, 0.2) is 71.5 Å².